The van der Waals surface area contributed by atoms with Crippen molar-refractivity contribution in [3.05, 3.63) is 35.9 Å². The van der Waals surface area contributed by atoms with Crippen LogP contribution in [0.5, 0.6) is 11.5 Å². The van der Waals surface area contributed by atoms with Crippen LogP contribution >= 0.6 is 11.8 Å². The van der Waals surface area contributed by atoms with E-state index in [1.165, 1.54) is 5.56 Å². The van der Waals surface area contributed by atoms with E-state index in [1.807, 2.05) is 24.3 Å². The lowest BCUT2D eigenvalue weighted by Crippen LogP contribution is -1.98. The molecule has 0 spiro atoms. The van der Waals surface area contributed by atoms with Crippen molar-refractivity contribution in [1.82, 2.24) is 0 Å². The zero-order chi connectivity index (χ0) is 13.0. The Bertz CT molecular complexity index is 468. The molecule has 0 bridgehead atoms. The molecule has 0 amide bonds. The molecule has 1 aromatic rings. The first-order chi connectivity index (χ1) is 8.72. The highest BCUT2D eigenvalue weighted by atomic mass is 32.2. The van der Waals surface area contributed by atoms with E-state index in [2.05, 4.69) is 0 Å². The summed E-state index contributed by atoms with van der Waals surface area (Å²) in [5.41, 5.74) is 1.17. The minimum Gasteiger partial charge on any atom is -0.493 e. The summed E-state index contributed by atoms with van der Waals surface area (Å²) in [6.07, 6.45) is 4.28. The van der Waals surface area contributed by atoms with Crippen LogP contribution in [0.3, 0.4) is 0 Å². The van der Waals surface area contributed by atoms with Crippen molar-refractivity contribution in [2.24, 2.45) is 0 Å². The summed E-state index contributed by atoms with van der Waals surface area (Å²) in [5, 5.41) is 0.311. The second-order valence-corrected chi connectivity index (χ2v) is 5.30. The predicted octanol–water partition coefficient (Wildman–Crippen LogP) is 2.83. The van der Waals surface area contributed by atoms with Crippen molar-refractivity contribution in [2.45, 2.75) is 17.4 Å². The quantitative estimate of drug-likeness (QED) is 0.819. The number of ketones is 1. The smallest absolute Gasteiger partial charge is 0.161 e. The average Bonchev–Trinajstić information content (AvgIpc) is 2.81. The second kappa shape index (κ2) is 5.96. The summed E-state index contributed by atoms with van der Waals surface area (Å²) in [4.78, 5) is 11.1. The lowest BCUT2D eigenvalue weighted by Gasteiger charge is -2.10. The van der Waals surface area contributed by atoms with Crippen molar-refractivity contribution in [3.8, 4) is 11.5 Å². The van der Waals surface area contributed by atoms with Crippen LogP contribution in [-0.2, 0) is 10.5 Å². The Kier molecular flexibility index (Phi) is 4.31. The van der Waals surface area contributed by atoms with E-state index in [4.69, 9.17) is 9.47 Å². The van der Waals surface area contributed by atoms with Gasteiger partial charge in [0.15, 0.2) is 17.3 Å². The van der Waals surface area contributed by atoms with E-state index in [0.717, 1.165) is 17.3 Å². The van der Waals surface area contributed by atoms with Gasteiger partial charge in [-0.1, -0.05) is 12.1 Å². The zero-order valence-electron chi connectivity index (χ0n) is 10.5. The van der Waals surface area contributed by atoms with E-state index in [-0.39, 0.29) is 5.78 Å². The van der Waals surface area contributed by atoms with Crippen LogP contribution in [0, 0.1) is 0 Å². The lowest BCUT2D eigenvalue weighted by atomic mass is 10.2. The van der Waals surface area contributed by atoms with Gasteiger partial charge in [-0.25, -0.2) is 0 Å². The van der Waals surface area contributed by atoms with Crippen molar-refractivity contribution >= 4 is 17.5 Å². The number of hydrogen-bond donors (Lipinski definition) is 0. The maximum Gasteiger partial charge on any atom is 0.161 e. The number of methoxy groups -OCH3 is 2. The summed E-state index contributed by atoms with van der Waals surface area (Å²) in [6.45, 7) is 0. The van der Waals surface area contributed by atoms with E-state index in [0.29, 0.717) is 11.7 Å². The first-order valence-corrected chi connectivity index (χ1v) is 6.81. The molecule has 0 unspecified atom stereocenters. The molecule has 0 saturated heterocycles. The zero-order valence-corrected chi connectivity index (χ0v) is 11.3. The van der Waals surface area contributed by atoms with Crippen LogP contribution in [0.2, 0.25) is 0 Å². The molecule has 0 N–H and O–H groups in total. The fourth-order valence-electron chi connectivity index (χ4n) is 1.84. The third-order valence-electron chi connectivity index (χ3n) is 2.81. The SMILES string of the molecule is COc1ccc(CS[C@H]2C=CC(=O)C2)cc1OC. The Morgan fingerprint density at radius 3 is 2.67 bits per heavy atom. The maximum atomic E-state index is 11.1. The molecule has 0 heterocycles. The van der Waals surface area contributed by atoms with Gasteiger partial charge in [-0.15, -0.1) is 11.8 Å². The van der Waals surface area contributed by atoms with Crippen LogP contribution in [0.25, 0.3) is 0 Å². The molecule has 0 radical (unpaired) electrons. The standard InChI is InChI=1S/C14H16O3S/c1-16-13-6-3-10(7-14(13)17-2)9-18-12-5-4-11(15)8-12/h3-7,12H,8-9H2,1-2H3/t12-/m0/s1. The minimum absolute atomic E-state index is 0.222. The van der Waals surface area contributed by atoms with Gasteiger partial charge in [-0.3, -0.25) is 4.79 Å². The van der Waals surface area contributed by atoms with Gasteiger partial charge >= 0.3 is 0 Å². The molecule has 18 heavy (non-hydrogen) atoms. The molecule has 0 fully saturated rings. The molecule has 2 rings (SSSR count). The molecule has 4 heteroatoms. The van der Waals surface area contributed by atoms with Gasteiger partial charge in [0.05, 0.1) is 14.2 Å². The predicted molar refractivity (Wildman–Crippen MR) is 73.4 cm³/mol. The third-order valence-corrected chi connectivity index (χ3v) is 4.06. The molecule has 1 atom stereocenters. The van der Waals surface area contributed by atoms with Gasteiger partial charge in [-0.2, -0.15) is 0 Å². The topological polar surface area (TPSA) is 35.5 Å². The molecular weight excluding hydrogens is 248 g/mol. The molecule has 96 valence electrons. The van der Waals surface area contributed by atoms with Gasteiger partial charge in [0, 0.05) is 17.4 Å². The number of hydrogen-bond acceptors (Lipinski definition) is 4. The van der Waals surface area contributed by atoms with Crippen molar-refractivity contribution < 1.29 is 14.3 Å². The van der Waals surface area contributed by atoms with E-state index >= 15 is 0 Å². The van der Waals surface area contributed by atoms with Crippen LogP contribution in [0.1, 0.15) is 12.0 Å². The Morgan fingerprint density at radius 2 is 2.06 bits per heavy atom. The number of thioether (sulfide) groups is 1. The van der Waals surface area contributed by atoms with Crippen LogP contribution < -0.4 is 9.47 Å². The third kappa shape index (κ3) is 3.07. The van der Waals surface area contributed by atoms with E-state index in [1.54, 1.807) is 32.1 Å². The summed E-state index contributed by atoms with van der Waals surface area (Å²) >= 11 is 1.77. The number of carbonyl (C=O) groups is 1. The van der Waals surface area contributed by atoms with Crippen LogP contribution in [0.4, 0.5) is 0 Å². The van der Waals surface area contributed by atoms with Gasteiger partial charge in [0.25, 0.3) is 0 Å². The highest BCUT2D eigenvalue weighted by molar-refractivity contribution is 7.99. The molecule has 1 aliphatic carbocycles. The lowest BCUT2D eigenvalue weighted by molar-refractivity contribution is -0.113. The average molecular weight is 264 g/mol. The Hall–Kier alpha value is -1.42. The summed E-state index contributed by atoms with van der Waals surface area (Å²) < 4.78 is 10.5. The molecule has 0 aliphatic heterocycles. The molecule has 1 aliphatic rings. The Labute approximate surface area is 111 Å². The molecule has 3 nitrogen and oxygen atoms in total. The van der Waals surface area contributed by atoms with Crippen molar-refractivity contribution in [3.63, 3.8) is 0 Å². The summed E-state index contributed by atoms with van der Waals surface area (Å²) in [5.74, 6) is 2.57. The number of carbonyl (C=O) groups excluding carboxylic acids is 1. The number of benzene rings is 1. The minimum atomic E-state index is 0.222. The molecule has 0 aromatic heterocycles. The van der Waals surface area contributed by atoms with Crippen LogP contribution in [0.15, 0.2) is 30.4 Å². The first kappa shape index (κ1) is 13.0. The number of allylic oxidation sites excluding steroid dienone is 1. The fourth-order valence-corrected chi connectivity index (χ4v) is 2.90. The maximum absolute atomic E-state index is 11.1. The number of rotatable bonds is 5. The second-order valence-electron chi connectivity index (χ2n) is 4.07. The first-order valence-electron chi connectivity index (χ1n) is 5.76. The fraction of sp³-hybridized carbons (Fsp3) is 0.357. The van der Waals surface area contributed by atoms with E-state index in [9.17, 15) is 4.79 Å². The van der Waals surface area contributed by atoms with Crippen molar-refractivity contribution in [1.29, 1.82) is 0 Å². The molecule has 0 saturated carbocycles. The van der Waals surface area contributed by atoms with Gasteiger partial charge in [0.1, 0.15) is 0 Å². The Balaban J connectivity index is 1.97. The molecule has 1 aromatic carbocycles. The van der Waals surface area contributed by atoms with Crippen LogP contribution in [-0.4, -0.2) is 25.3 Å². The van der Waals surface area contributed by atoms with Gasteiger partial charge in [-0.05, 0) is 23.8 Å². The molecular formula is C14H16O3S. The van der Waals surface area contributed by atoms with Gasteiger partial charge in [0.2, 0.25) is 0 Å². The Morgan fingerprint density at radius 1 is 1.28 bits per heavy atom. The van der Waals surface area contributed by atoms with Gasteiger partial charge < -0.3 is 9.47 Å². The number of ether oxygens (including phenoxy) is 2. The van der Waals surface area contributed by atoms with E-state index < -0.39 is 0 Å². The monoisotopic (exact) mass is 264 g/mol. The van der Waals surface area contributed by atoms with Crippen molar-refractivity contribution in [2.75, 3.05) is 14.2 Å². The summed E-state index contributed by atoms with van der Waals surface area (Å²) in [6, 6.07) is 5.91. The summed E-state index contributed by atoms with van der Waals surface area (Å²) in [7, 11) is 3.26. The highest BCUT2D eigenvalue weighted by Gasteiger charge is 2.16. The highest BCUT2D eigenvalue weighted by Crippen LogP contribution is 2.31. The largest absolute Gasteiger partial charge is 0.493 e. The normalized spacial score (nSPS) is 18.1.